The summed E-state index contributed by atoms with van der Waals surface area (Å²) in [5.41, 5.74) is 8.86. The number of nitrogen functional groups attached to an aromatic ring is 1. The van der Waals surface area contributed by atoms with Gasteiger partial charge < -0.3 is 16.2 Å². The topological polar surface area (TPSA) is 97.0 Å². The quantitative estimate of drug-likeness (QED) is 0.806. The second kappa shape index (κ2) is 6.50. The van der Waals surface area contributed by atoms with Gasteiger partial charge in [-0.1, -0.05) is 6.08 Å². The van der Waals surface area contributed by atoms with Crippen molar-refractivity contribution in [2.24, 2.45) is 0 Å². The standard InChI is InChI=1S/C17H23N5O/c1-3-10(2)13-8-19-16(18)14-9-20-17(22-15(13)14)21-11-4-6-12(23)7-5-11/h3,8-9,11-12,23H,4-7H2,1-2H3,(H2,18,19)(H,20,21,22)/b10-3+. The number of hydrogen-bond donors (Lipinski definition) is 3. The van der Waals surface area contributed by atoms with Crippen LogP contribution < -0.4 is 11.1 Å². The molecular weight excluding hydrogens is 290 g/mol. The number of nitrogens with one attached hydrogen (secondary N) is 1. The zero-order chi connectivity index (χ0) is 16.4. The molecule has 0 spiro atoms. The Morgan fingerprint density at radius 3 is 2.70 bits per heavy atom. The van der Waals surface area contributed by atoms with Gasteiger partial charge in [0.25, 0.3) is 0 Å². The van der Waals surface area contributed by atoms with Gasteiger partial charge in [-0.25, -0.2) is 15.0 Å². The smallest absolute Gasteiger partial charge is 0.223 e. The third-order valence-corrected chi connectivity index (χ3v) is 4.54. The molecule has 0 unspecified atom stereocenters. The lowest BCUT2D eigenvalue weighted by Gasteiger charge is -2.26. The number of hydrogen-bond acceptors (Lipinski definition) is 6. The van der Waals surface area contributed by atoms with E-state index < -0.39 is 0 Å². The zero-order valence-corrected chi connectivity index (χ0v) is 13.6. The van der Waals surface area contributed by atoms with Crippen molar-refractivity contribution in [3.63, 3.8) is 0 Å². The SMILES string of the molecule is C/C=C(\C)c1cnc(N)c2cnc(NC3CCC(O)CC3)nc12. The minimum atomic E-state index is -0.166. The highest BCUT2D eigenvalue weighted by Crippen LogP contribution is 2.27. The van der Waals surface area contributed by atoms with Gasteiger partial charge in [0.05, 0.1) is 17.0 Å². The number of rotatable bonds is 3. The molecule has 122 valence electrons. The first-order valence-corrected chi connectivity index (χ1v) is 8.07. The molecule has 1 aliphatic carbocycles. The summed E-state index contributed by atoms with van der Waals surface area (Å²) in [5, 5.41) is 13.8. The Hall–Kier alpha value is -2.21. The first-order valence-electron chi connectivity index (χ1n) is 8.07. The van der Waals surface area contributed by atoms with E-state index in [-0.39, 0.29) is 6.10 Å². The molecule has 1 fully saturated rings. The van der Waals surface area contributed by atoms with Gasteiger partial charge >= 0.3 is 0 Å². The summed E-state index contributed by atoms with van der Waals surface area (Å²) in [6, 6.07) is 0.307. The Balaban J connectivity index is 1.94. The summed E-state index contributed by atoms with van der Waals surface area (Å²) in [7, 11) is 0. The maximum Gasteiger partial charge on any atom is 0.223 e. The van der Waals surface area contributed by atoms with E-state index in [1.165, 1.54) is 0 Å². The normalized spacial score (nSPS) is 22.3. The van der Waals surface area contributed by atoms with Crippen LogP contribution in [0.5, 0.6) is 0 Å². The van der Waals surface area contributed by atoms with Gasteiger partial charge in [-0.15, -0.1) is 0 Å². The maximum atomic E-state index is 9.60. The van der Waals surface area contributed by atoms with Crippen molar-refractivity contribution in [2.45, 2.75) is 51.7 Å². The molecule has 0 radical (unpaired) electrons. The number of anilines is 2. The van der Waals surface area contributed by atoms with Gasteiger partial charge in [-0.3, -0.25) is 0 Å². The molecule has 0 bridgehead atoms. The first-order chi connectivity index (χ1) is 11.1. The molecule has 23 heavy (non-hydrogen) atoms. The molecule has 0 saturated heterocycles. The van der Waals surface area contributed by atoms with Crippen LogP contribution in [0.25, 0.3) is 16.5 Å². The molecule has 1 aliphatic rings. The predicted molar refractivity (Wildman–Crippen MR) is 93.0 cm³/mol. The van der Waals surface area contributed by atoms with Crippen LogP contribution in [-0.4, -0.2) is 32.2 Å². The minimum Gasteiger partial charge on any atom is -0.393 e. The van der Waals surface area contributed by atoms with Crippen LogP contribution in [0, 0.1) is 0 Å². The molecule has 0 amide bonds. The van der Waals surface area contributed by atoms with Crippen LogP contribution in [-0.2, 0) is 0 Å². The van der Waals surface area contributed by atoms with E-state index in [1.807, 2.05) is 19.9 Å². The number of aliphatic hydroxyl groups is 1. The molecule has 0 aliphatic heterocycles. The Morgan fingerprint density at radius 2 is 2.00 bits per heavy atom. The maximum absolute atomic E-state index is 9.60. The average Bonchev–Trinajstić information content (AvgIpc) is 2.56. The fraction of sp³-hybridized carbons (Fsp3) is 0.471. The third kappa shape index (κ3) is 3.27. The second-order valence-corrected chi connectivity index (χ2v) is 6.13. The van der Waals surface area contributed by atoms with Crippen molar-refractivity contribution in [3.8, 4) is 0 Å². The minimum absolute atomic E-state index is 0.166. The van der Waals surface area contributed by atoms with E-state index in [0.717, 1.165) is 47.7 Å². The van der Waals surface area contributed by atoms with Gasteiger partial charge in [0.1, 0.15) is 5.82 Å². The lowest BCUT2D eigenvalue weighted by molar-refractivity contribution is 0.126. The monoisotopic (exact) mass is 313 g/mol. The molecule has 6 heteroatoms. The third-order valence-electron chi connectivity index (χ3n) is 4.54. The average molecular weight is 313 g/mol. The molecule has 3 rings (SSSR count). The van der Waals surface area contributed by atoms with Crippen LogP contribution in [0.2, 0.25) is 0 Å². The first kappa shape index (κ1) is 15.7. The number of aromatic nitrogens is 3. The fourth-order valence-corrected chi connectivity index (χ4v) is 2.96. The molecule has 6 nitrogen and oxygen atoms in total. The van der Waals surface area contributed by atoms with Crippen molar-refractivity contribution >= 4 is 28.2 Å². The largest absolute Gasteiger partial charge is 0.393 e. The molecule has 2 heterocycles. The van der Waals surface area contributed by atoms with Gasteiger partial charge in [0.2, 0.25) is 5.95 Å². The van der Waals surface area contributed by atoms with E-state index in [1.54, 1.807) is 12.4 Å². The number of fused-ring (bicyclic) bond motifs is 1. The molecular formula is C17H23N5O. The number of pyridine rings is 1. The molecule has 0 aromatic carbocycles. The van der Waals surface area contributed by atoms with Crippen molar-refractivity contribution in [1.29, 1.82) is 0 Å². The summed E-state index contributed by atoms with van der Waals surface area (Å²) in [6.07, 6.45) is 8.88. The van der Waals surface area contributed by atoms with E-state index in [0.29, 0.717) is 17.8 Å². The van der Waals surface area contributed by atoms with Gasteiger partial charge in [0.15, 0.2) is 0 Å². The van der Waals surface area contributed by atoms with Crippen LogP contribution in [0.4, 0.5) is 11.8 Å². The molecule has 4 N–H and O–H groups in total. The van der Waals surface area contributed by atoms with Gasteiger partial charge in [-0.05, 0) is 45.1 Å². The highest BCUT2D eigenvalue weighted by molar-refractivity contribution is 5.95. The lowest BCUT2D eigenvalue weighted by atomic mass is 9.93. The Bertz CT molecular complexity index is 735. The Labute approximate surface area is 135 Å². The Kier molecular flexibility index (Phi) is 4.43. The summed E-state index contributed by atoms with van der Waals surface area (Å²) in [5.74, 6) is 1.05. The summed E-state index contributed by atoms with van der Waals surface area (Å²) in [6.45, 7) is 4.02. The van der Waals surface area contributed by atoms with Crippen LogP contribution in [0.1, 0.15) is 45.1 Å². The lowest BCUT2D eigenvalue weighted by Crippen LogP contribution is -2.28. The molecule has 1 saturated carbocycles. The van der Waals surface area contributed by atoms with Crippen LogP contribution >= 0.6 is 0 Å². The van der Waals surface area contributed by atoms with Crippen LogP contribution in [0.3, 0.4) is 0 Å². The summed E-state index contributed by atoms with van der Waals surface area (Å²) < 4.78 is 0. The number of nitrogens with two attached hydrogens (primary N) is 1. The van der Waals surface area contributed by atoms with E-state index in [4.69, 9.17) is 5.73 Å². The van der Waals surface area contributed by atoms with E-state index in [2.05, 4.69) is 20.3 Å². The van der Waals surface area contributed by atoms with Crippen molar-refractivity contribution < 1.29 is 5.11 Å². The van der Waals surface area contributed by atoms with Crippen molar-refractivity contribution in [3.05, 3.63) is 24.0 Å². The highest BCUT2D eigenvalue weighted by atomic mass is 16.3. The van der Waals surface area contributed by atoms with E-state index in [9.17, 15) is 5.11 Å². The number of nitrogens with zero attached hydrogens (tertiary/aromatic N) is 3. The van der Waals surface area contributed by atoms with Crippen molar-refractivity contribution in [1.82, 2.24) is 15.0 Å². The highest BCUT2D eigenvalue weighted by Gasteiger charge is 2.20. The summed E-state index contributed by atoms with van der Waals surface area (Å²) in [4.78, 5) is 13.3. The van der Waals surface area contributed by atoms with Crippen molar-refractivity contribution in [2.75, 3.05) is 11.1 Å². The molecule has 0 atom stereocenters. The van der Waals surface area contributed by atoms with E-state index >= 15 is 0 Å². The fourth-order valence-electron chi connectivity index (χ4n) is 2.96. The summed E-state index contributed by atoms with van der Waals surface area (Å²) >= 11 is 0. The van der Waals surface area contributed by atoms with Crippen LogP contribution in [0.15, 0.2) is 18.5 Å². The van der Waals surface area contributed by atoms with Gasteiger partial charge in [0, 0.05) is 24.0 Å². The Morgan fingerprint density at radius 1 is 1.26 bits per heavy atom. The number of aliphatic hydroxyl groups excluding tert-OH is 1. The predicted octanol–water partition coefficient (Wildman–Crippen LogP) is 2.75. The molecule has 2 aromatic heterocycles. The zero-order valence-electron chi connectivity index (χ0n) is 13.6. The second-order valence-electron chi connectivity index (χ2n) is 6.13. The van der Waals surface area contributed by atoms with Gasteiger partial charge in [-0.2, -0.15) is 0 Å². The number of allylic oxidation sites excluding steroid dienone is 2. The molecule has 2 aromatic rings.